The molecule has 3 aromatic heterocycles. The van der Waals surface area contributed by atoms with Crippen LogP contribution in [-0.2, 0) is 0 Å². The fraction of sp³-hybridized carbons (Fsp3) is 0.214. The zero-order valence-electron chi connectivity index (χ0n) is 11.5. The molecule has 3 heterocycles. The summed E-state index contributed by atoms with van der Waals surface area (Å²) in [5.74, 6) is 0.433. The normalized spacial score (nSPS) is 14.0. The fourth-order valence-electron chi connectivity index (χ4n) is 2.00. The SMILES string of the molecule is O=C(Nc1ccc2ncc(-c3cnoc3)nc2n1)NC1CC1. The van der Waals surface area contributed by atoms with Crippen LogP contribution in [0.4, 0.5) is 10.6 Å². The molecule has 0 bridgehead atoms. The summed E-state index contributed by atoms with van der Waals surface area (Å²) in [6.45, 7) is 0. The van der Waals surface area contributed by atoms with Crippen LogP contribution in [0.3, 0.4) is 0 Å². The van der Waals surface area contributed by atoms with Gasteiger partial charge >= 0.3 is 6.03 Å². The van der Waals surface area contributed by atoms with Gasteiger partial charge in [0.25, 0.3) is 0 Å². The second kappa shape index (κ2) is 5.06. The second-order valence-corrected chi connectivity index (χ2v) is 5.08. The van der Waals surface area contributed by atoms with E-state index in [2.05, 4.69) is 30.7 Å². The first-order chi connectivity index (χ1) is 10.8. The average Bonchev–Trinajstić information content (AvgIpc) is 3.16. The largest absolute Gasteiger partial charge is 0.364 e. The lowest BCUT2D eigenvalue weighted by molar-refractivity contribution is 0.251. The van der Waals surface area contributed by atoms with E-state index in [-0.39, 0.29) is 6.03 Å². The Morgan fingerprint density at radius 1 is 1.23 bits per heavy atom. The van der Waals surface area contributed by atoms with Gasteiger partial charge in [0.2, 0.25) is 0 Å². The quantitative estimate of drug-likeness (QED) is 0.765. The van der Waals surface area contributed by atoms with Crippen molar-refractivity contribution < 1.29 is 9.32 Å². The Kier molecular flexibility index (Phi) is 2.92. The minimum absolute atomic E-state index is 0.252. The van der Waals surface area contributed by atoms with Crippen LogP contribution in [-0.4, -0.2) is 32.2 Å². The summed E-state index contributed by atoms with van der Waals surface area (Å²) in [5.41, 5.74) is 2.43. The highest BCUT2D eigenvalue weighted by atomic mass is 16.5. The van der Waals surface area contributed by atoms with Gasteiger partial charge in [-0.1, -0.05) is 5.16 Å². The molecular weight excluding hydrogens is 284 g/mol. The van der Waals surface area contributed by atoms with E-state index in [0.29, 0.717) is 28.7 Å². The first kappa shape index (κ1) is 12.7. The van der Waals surface area contributed by atoms with Gasteiger partial charge in [0.15, 0.2) is 5.65 Å². The van der Waals surface area contributed by atoms with Crippen LogP contribution in [0.5, 0.6) is 0 Å². The van der Waals surface area contributed by atoms with Gasteiger partial charge in [0, 0.05) is 6.04 Å². The summed E-state index contributed by atoms with van der Waals surface area (Å²) >= 11 is 0. The second-order valence-electron chi connectivity index (χ2n) is 5.08. The number of nitrogens with zero attached hydrogens (tertiary/aromatic N) is 4. The number of urea groups is 1. The maximum absolute atomic E-state index is 11.7. The number of hydrogen-bond acceptors (Lipinski definition) is 6. The molecule has 1 aliphatic carbocycles. The number of aromatic nitrogens is 4. The summed E-state index contributed by atoms with van der Waals surface area (Å²) in [7, 11) is 0. The minimum atomic E-state index is -0.252. The number of rotatable bonds is 3. The highest BCUT2D eigenvalue weighted by Gasteiger charge is 2.23. The van der Waals surface area contributed by atoms with Crippen molar-refractivity contribution in [2.45, 2.75) is 18.9 Å². The van der Waals surface area contributed by atoms with Crippen molar-refractivity contribution in [1.29, 1.82) is 0 Å². The molecule has 110 valence electrons. The number of carbonyl (C=O) groups is 1. The molecule has 8 heteroatoms. The highest BCUT2D eigenvalue weighted by Crippen LogP contribution is 2.20. The predicted octanol–water partition coefficient (Wildman–Crippen LogP) is 1.96. The van der Waals surface area contributed by atoms with Crippen LogP contribution in [0.2, 0.25) is 0 Å². The van der Waals surface area contributed by atoms with Gasteiger partial charge in [0.1, 0.15) is 17.6 Å². The van der Waals surface area contributed by atoms with E-state index in [1.54, 1.807) is 24.5 Å². The van der Waals surface area contributed by atoms with Gasteiger partial charge in [-0.25, -0.2) is 14.8 Å². The zero-order chi connectivity index (χ0) is 14.9. The van der Waals surface area contributed by atoms with Crippen molar-refractivity contribution in [1.82, 2.24) is 25.4 Å². The Bertz CT molecular complexity index is 828. The van der Waals surface area contributed by atoms with Gasteiger partial charge in [-0.15, -0.1) is 0 Å². The van der Waals surface area contributed by atoms with Crippen LogP contribution in [0.1, 0.15) is 12.8 Å². The molecule has 0 radical (unpaired) electrons. The molecule has 1 aliphatic rings. The van der Waals surface area contributed by atoms with Crippen LogP contribution in [0, 0.1) is 0 Å². The average molecular weight is 296 g/mol. The fourth-order valence-corrected chi connectivity index (χ4v) is 2.00. The van der Waals surface area contributed by atoms with Crippen LogP contribution < -0.4 is 10.6 Å². The Morgan fingerprint density at radius 2 is 2.14 bits per heavy atom. The van der Waals surface area contributed by atoms with E-state index in [4.69, 9.17) is 4.52 Å². The molecular formula is C14H12N6O2. The standard InChI is InChI=1S/C14H12N6O2/c21-14(17-9-1-2-9)20-12-4-3-10-13(19-12)18-11(6-15-10)8-5-16-22-7-8/h3-7,9H,1-2H2,(H2,17,18,19,20,21). The molecule has 3 aromatic rings. The third-order valence-corrected chi connectivity index (χ3v) is 3.29. The van der Waals surface area contributed by atoms with Crippen LogP contribution in [0.15, 0.2) is 35.3 Å². The molecule has 2 amide bonds. The van der Waals surface area contributed by atoms with Gasteiger partial charge in [-0.2, -0.15) is 0 Å². The Balaban J connectivity index is 1.62. The number of hydrogen-bond donors (Lipinski definition) is 2. The molecule has 0 aromatic carbocycles. The lowest BCUT2D eigenvalue weighted by Gasteiger charge is -2.06. The first-order valence-corrected chi connectivity index (χ1v) is 6.89. The number of pyridine rings is 1. The predicted molar refractivity (Wildman–Crippen MR) is 78.0 cm³/mol. The van der Waals surface area contributed by atoms with E-state index < -0.39 is 0 Å². The molecule has 8 nitrogen and oxygen atoms in total. The highest BCUT2D eigenvalue weighted by molar-refractivity contribution is 5.89. The van der Waals surface area contributed by atoms with E-state index in [1.807, 2.05) is 0 Å². The topological polar surface area (TPSA) is 106 Å². The van der Waals surface area contributed by atoms with Crippen molar-refractivity contribution in [2.75, 3.05) is 5.32 Å². The van der Waals surface area contributed by atoms with E-state index in [9.17, 15) is 4.79 Å². The smallest absolute Gasteiger partial charge is 0.320 e. The summed E-state index contributed by atoms with van der Waals surface area (Å²) < 4.78 is 4.80. The molecule has 1 saturated carbocycles. The number of carbonyl (C=O) groups excluding carboxylic acids is 1. The van der Waals surface area contributed by atoms with Crippen LogP contribution in [0.25, 0.3) is 22.4 Å². The summed E-state index contributed by atoms with van der Waals surface area (Å²) in [6, 6.07) is 3.50. The summed E-state index contributed by atoms with van der Waals surface area (Å²) in [4.78, 5) is 24.8. The summed E-state index contributed by atoms with van der Waals surface area (Å²) in [6.07, 6.45) is 6.74. The Morgan fingerprint density at radius 3 is 2.91 bits per heavy atom. The van der Waals surface area contributed by atoms with E-state index >= 15 is 0 Å². The number of amides is 2. The lowest BCUT2D eigenvalue weighted by Crippen LogP contribution is -2.30. The van der Waals surface area contributed by atoms with Crippen molar-refractivity contribution >= 4 is 23.0 Å². The molecule has 0 saturated heterocycles. The van der Waals surface area contributed by atoms with E-state index in [1.165, 1.54) is 6.26 Å². The molecule has 1 fully saturated rings. The number of nitrogens with one attached hydrogen (secondary N) is 2. The summed E-state index contributed by atoms with van der Waals surface area (Å²) in [5, 5.41) is 9.18. The third-order valence-electron chi connectivity index (χ3n) is 3.29. The van der Waals surface area contributed by atoms with Gasteiger partial charge in [-0.05, 0) is 25.0 Å². The van der Waals surface area contributed by atoms with Crippen molar-refractivity contribution in [2.24, 2.45) is 0 Å². The first-order valence-electron chi connectivity index (χ1n) is 6.89. The van der Waals surface area contributed by atoms with Crippen LogP contribution >= 0.6 is 0 Å². The number of fused-ring (bicyclic) bond motifs is 1. The lowest BCUT2D eigenvalue weighted by atomic mass is 10.2. The molecule has 0 atom stereocenters. The van der Waals surface area contributed by atoms with Crippen molar-refractivity contribution in [3.63, 3.8) is 0 Å². The van der Waals surface area contributed by atoms with Crippen molar-refractivity contribution in [3.8, 4) is 11.3 Å². The van der Waals surface area contributed by atoms with E-state index in [0.717, 1.165) is 18.4 Å². The third kappa shape index (κ3) is 2.58. The molecule has 0 aliphatic heterocycles. The van der Waals surface area contributed by atoms with Crippen molar-refractivity contribution in [3.05, 3.63) is 30.8 Å². The Labute approximate surface area is 125 Å². The zero-order valence-corrected chi connectivity index (χ0v) is 11.5. The minimum Gasteiger partial charge on any atom is -0.364 e. The number of anilines is 1. The molecule has 4 rings (SSSR count). The van der Waals surface area contributed by atoms with Gasteiger partial charge in [-0.3, -0.25) is 10.3 Å². The monoisotopic (exact) mass is 296 g/mol. The maximum atomic E-state index is 11.7. The molecule has 22 heavy (non-hydrogen) atoms. The maximum Gasteiger partial charge on any atom is 0.320 e. The van der Waals surface area contributed by atoms with Gasteiger partial charge < -0.3 is 9.84 Å². The molecule has 2 N–H and O–H groups in total. The molecule has 0 unspecified atom stereocenters. The van der Waals surface area contributed by atoms with Gasteiger partial charge in [0.05, 0.1) is 23.7 Å². The Hall–Kier alpha value is -3.03. The molecule has 0 spiro atoms.